The van der Waals surface area contributed by atoms with Gasteiger partial charge in [-0.05, 0) is 48.6 Å². The number of fused-ring (bicyclic) bond motifs is 1. The van der Waals surface area contributed by atoms with Gasteiger partial charge in [-0.2, -0.15) is 0 Å². The predicted octanol–water partition coefficient (Wildman–Crippen LogP) is 2.55. The highest BCUT2D eigenvalue weighted by molar-refractivity contribution is 5.97. The van der Waals surface area contributed by atoms with Gasteiger partial charge in [-0.25, -0.2) is 0 Å². The highest BCUT2D eigenvalue weighted by Crippen LogP contribution is 2.13. The van der Waals surface area contributed by atoms with E-state index < -0.39 is 0 Å². The number of carbonyl (C=O) groups is 2. The molecule has 6 nitrogen and oxygen atoms in total. The molecule has 0 spiro atoms. The fourth-order valence-corrected chi connectivity index (χ4v) is 2.87. The zero-order valence-corrected chi connectivity index (χ0v) is 15.1. The number of aromatic nitrogens is 2. The molecule has 2 aromatic heterocycles. The Labute approximate surface area is 156 Å². The Bertz CT molecular complexity index is 1030. The van der Waals surface area contributed by atoms with Crippen molar-refractivity contribution in [2.75, 3.05) is 6.54 Å². The largest absolute Gasteiger partial charge is 0.356 e. The number of nitrogens with zero attached hydrogens (tertiary/aromatic N) is 1. The lowest BCUT2D eigenvalue weighted by Crippen LogP contribution is -2.27. The lowest BCUT2D eigenvalue weighted by Gasteiger charge is -2.06. The average Bonchev–Trinajstić information content (AvgIpc) is 2.67. The third kappa shape index (κ3) is 4.88. The first-order chi connectivity index (χ1) is 13.0. The summed E-state index contributed by atoms with van der Waals surface area (Å²) in [5.41, 5.74) is 2.87. The van der Waals surface area contributed by atoms with E-state index in [4.69, 9.17) is 0 Å². The van der Waals surface area contributed by atoms with Gasteiger partial charge < -0.3 is 10.3 Å². The van der Waals surface area contributed by atoms with Crippen LogP contribution in [0.2, 0.25) is 0 Å². The van der Waals surface area contributed by atoms with E-state index in [2.05, 4.69) is 15.3 Å². The molecule has 0 aliphatic heterocycles. The van der Waals surface area contributed by atoms with Crippen molar-refractivity contribution in [3.63, 3.8) is 0 Å². The van der Waals surface area contributed by atoms with Crippen LogP contribution in [0.4, 0.5) is 0 Å². The molecule has 0 saturated carbocycles. The standard InChI is InChI=1S/C21H21N3O3/c1-14-4-5-15-12-16(21(27)24-18(15)11-14)8-10-23-20(26)7-6-19(25)17-3-2-9-22-13-17/h2-5,9,11-13H,6-8,10H2,1H3,(H,23,26)(H,24,27). The fourth-order valence-electron chi connectivity index (χ4n) is 2.87. The highest BCUT2D eigenvalue weighted by Gasteiger charge is 2.10. The van der Waals surface area contributed by atoms with Gasteiger partial charge in [0.1, 0.15) is 0 Å². The first-order valence-corrected chi connectivity index (χ1v) is 8.85. The normalized spacial score (nSPS) is 10.7. The molecule has 0 bridgehead atoms. The third-order valence-electron chi connectivity index (χ3n) is 4.36. The van der Waals surface area contributed by atoms with Crippen LogP contribution in [0.25, 0.3) is 10.9 Å². The summed E-state index contributed by atoms with van der Waals surface area (Å²) >= 11 is 0. The van der Waals surface area contributed by atoms with E-state index in [0.29, 0.717) is 24.1 Å². The zero-order chi connectivity index (χ0) is 19.2. The minimum atomic E-state index is -0.208. The summed E-state index contributed by atoms with van der Waals surface area (Å²) in [6.07, 6.45) is 3.77. The third-order valence-corrected chi connectivity index (χ3v) is 4.36. The topological polar surface area (TPSA) is 91.9 Å². The van der Waals surface area contributed by atoms with Crippen molar-refractivity contribution in [1.82, 2.24) is 15.3 Å². The van der Waals surface area contributed by atoms with Gasteiger partial charge in [0.15, 0.2) is 5.78 Å². The van der Waals surface area contributed by atoms with Crippen molar-refractivity contribution in [1.29, 1.82) is 0 Å². The van der Waals surface area contributed by atoms with E-state index in [9.17, 15) is 14.4 Å². The Morgan fingerprint density at radius 2 is 2.00 bits per heavy atom. The van der Waals surface area contributed by atoms with Crippen molar-refractivity contribution in [3.8, 4) is 0 Å². The van der Waals surface area contributed by atoms with E-state index in [1.807, 2.05) is 31.2 Å². The highest BCUT2D eigenvalue weighted by atomic mass is 16.2. The molecule has 138 valence electrons. The predicted molar refractivity (Wildman–Crippen MR) is 104 cm³/mol. The summed E-state index contributed by atoms with van der Waals surface area (Å²) in [7, 11) is 0. The molecule has 6 heteroatoms. The summed E-state index contributed by atoms with van der Waals surface area (Å²) < 4.78 is 0. The van der Waals surface area contributed by atoms with Gasteiger partial charge in [0.2, 0.25) is 5.91 Å². The maximum Gasteiger partial charge on any atom is 0.251 e. The first kappa shape index (κ1) is 18.5. The van der Waals surface area contributed by atoms with E-state index in [1.165, 1.54) is 6.20 Å². The molecule has 1 amide bonds. The molecule has 3 aromatic rings. The number of H-pyrrole nitrogens is 1. The number of hydrogen-bond donors (Lipinski definition) is 2. The smallest absolute Gasteiger partial charge is 0.251 e. The molecule has 0 fully saturated rings. The van der Waals surface area contributed by atoms with Crippen LogP contribution in [-0.2, 0) is 11.2 Å². The number of ketones is 1. The van der Waals surface area contributed by atoms with Crippen LogP contribution in [0.5, 0.6) is 0 Å². The Morgan fingerprint density at radius 1 is 1.15 bits per heavy atom. The number of benzene rings is 1. The van der Waals surface area contributed by atoms with E-state index in [1.54, 1.807) is 18.3 Å². The molecule has 0 aliphatic rings. The lowest BCUT2D eigenvalue weighted by molar-refractivity contribution is -0.121. The average molecular weight is 363 g/mol. The summed E-state index contributed by atoms with van der Waals surface area (Å²) in [5, 5.41) is 3.72. The molecule has 27 heavy (non-hydrogen) atoms. The second-order valence-electron chi connectivity index (χ2n) is 6.48. The molecule has 0 unspecified atom stereocenters. The molecule has 0 aliphatic carbocycles. The van der Waals surface area contributed by atoms with Gasteiger partial charge in [-0.1, -0.05) is 12.1 Å². The summed E-state index contributed by atoms with van der Waals surface area (Å²) in [6.45, 7) is 2.32. The molecule has 3 rings (SSSR count). The molecule has 2 heterocycles. The van der Waals surface area contributed by atoms with Crippen molar-refractivity contribution in [2.24, 2.45) is 0 Å². The fraction of sp³-hybridized carbons (Fsp3) is 0.238. The molecule has 2 N–H and O–H groups in total. The Kier molecular flexibility index (Phi) is 5.76. The number of aromatic amines is 1. The van der Waals surface area contributed by atoms with Crippen molar-refractivity contribution >= 4 is 22.6 Å². The lowest BCUT2D eigenvalue weighted by atomic mass is 10.1. The van der Waals surface area contributed by atoms with Gasteiger partial charge >= 0.3 is 0 Å². The van der Waals surface area contributed by atoms with E-state index in [-0.39, 0.29) is 30.1 Å². The summed E-state index contributed by atoms with van der Waals surface area (Å²) in [6, 6.07) is 11.1. The minimum absolute atomic E-state index is 0.112. The van der Waals surface area contributed by atoms with Crippen molar-refractivity contribution < 1.29 is 9.59 Å². The Morgan fingerprint density at radius 3 is 2.78 bits per heavy atom. The number of Topliss-reactive ketones (excluding diaryl/α,β-unsaturated/α-hetero) is 1. The number of aryl methyl sites for hydroxylation is 1. The number of nitrogens with one attached hydrogen (secondary N) is 2. The molecule has 0 saturated heterocycles. The summed E-state index contributed by atoms with van der Waals surface area (Å²) in [5.74, 6) is -0.320. The minimum Gasteiger partial charge on any atom is -0.356 e. The Hall–Kier alpha value is -3.28. The SMILES string of the molecule is Cc1ccc2cc(CCNC(=O)CCC(=O)c3cccnc3)c(=O)[nH]c2c1. The van der Waals surface area contributed by atoms with E-state index in [0.717, 1.165) is 16.5 Å². The van der Waals surface area contributed by atoms with Crippen molar-refractivity contribution in [3.05, 3.63) is 75.8 Å². The van der Waals surface area contributed by atoms with Crippen LogP contribution in [0.15, 0.2) is 53.6 Å². The number of carbonyl (C=O) groups excluding carboxylic acids is 2. The quantitative estimate of drug-likeness (QED) is 0.631. The number of pyridine rings is 2. The molecular formula is C21H21N3O3. The number of amides is 1. The molecule has 0 atom stereocenters. The van der Waals surface area contributed by atoms with Gasteiger partial charge in [-0.15, -0.1) is 0 Å². The number of hydrogen-bond acceptors (Lipinski definition) is 4. The molecule has 0 radical (unpaired) electrons. The molecule has 1 aromatic carbocycles. The Balaban J connectivity index is 1.51. The second kappa shape index (κ2) is 8.40. The van der Waals surface area contributed by atoms with Gasteiger partial charge in [0.05, 0.1) is 0 Å². The van der Waals surface area contributed by atoms with Crippen LogP contribution in [0.3, 0.4) is 0 Å². The van der Waals surface area contributed by atoms with Crippen LogP contribution in [0, 0.1) is 6.92 Å². The van der Waals surface area contributed by atoms with E-state index >= 15 is 0 Å². The van der Waals surface area contributed by atoms with Gasteiger partial charge in [0, 0.05) is 48.4 Å². The molecular weight excluding hydrogens is 342 g/mol. The maximum atomic E-state index is 12.2. The van der Waals surface area contributed by atoms with Gasteiger partial charge in [0.25, 0.3) is 5.56 Å². The monoisotopic (exact) mass is 363 g/mol. The van der Waals surface area contributed by atoms with Crippen LogP contribution >= 0.6 is 0 Å². The second-order valence-corrected chi connectivity index (χ2v) is 6.48. The maximum absolute atomic E-state index is 12.2. The first-order valence-electron chi connectivity index (χ1n) is 8.85. The summed E-state index contributed by atoms with van der Waals surface area (Å²) in [4.78, 5) is 42.9. The number of rotatable bonds is 7. The van der Waals surface area contributed by atoms with Crippen LogP contribution in [0.1, 0.15) is 34.3 Å². The van der Waals surface area contributed by atoms with Gasteiger partial charge in [-0.3, -0.25) is 19.4 Å². The zero-order valence-electron chi connectivity index (χ0n) is 15.1. The van der Waals surface area contributed by atoms with Crippen LogP contribution in [-0.4, -0.2) is 28.2 Å². The van der Waals surface area contributed by atoms with Crippen molar-refractivity contribution in [2.45, 2.75) is 26.2 Å². The van der Waals surface area contributed by atoms with Crippen LogP contribution < -0.4 is 10.9 Å².